The number of fused-ring (bicyclic) bond motifs is 1. The quantitative estimate of drug-likeness (QED) is 0.400. The number of likely N-dealkylation sites (tertiary alicyclic amines) is 1. The molecule has 4 heterocycles. The number of nitrogens with zero attached hydrogens (tertiary/aromatic N) is 2. The lowest BCUT2D eigenvalue weighted by molar-refractivity contribution is 0.0677. The summed E-state index contributed by atoms with van der Waals surface area (Å²) in [4.78, 5) is 35.9. The van der Waals surface area contributed by atoms with Gasteiger partial charge in [0.2, 0.25) is 0 Å². The number of aryl methyl sites for hydroxylation is 3. The van der Waals surface area contributed by atoms with Gasteiger partial charge in [-0.2, -0.15) is 0 Å². The molecule has 7 nitrogen and oxygen atoms in total. The van der Waals surface area contributed by atoms with Gasteiger partial charge < -0.3 is 19.6 Å². The zero-order chi connectivity index (χ0) is 25.2. The summed E-state index contributed by atoms with van der Waals surface area (Å²) in [5, 5.41) is 4.27. The second kappa shape index (κ2) is 10.0. The maximum Gasteiger partial charge on any atom is 0.289 e. The fourth-order valence-electron chi connectivity index (χ4n) is 5.01. The molecule has 5 rings (SSSR count). The molecule has 0 radical (unpaired) electrons. The Morgan fingerprint density at radius 3 is 2.64 bits per heavy atom. The standard InChI is InChI=1S/C29H32N4O3/c1-18-16-26(36-20(18)3)29(35)33-14-11-21(12-15-33)27-24(9-8-19(2)32-27)28(34)30-13-10-22-17-31-25-7-5-4-6-23(22)25/h4-9,16-17,21,31H,10-15H2,1-3H3,(H,30,34). The van der Waals surface area contributed by atoms with E-state index in [0.717, 1.165) is 47.5 Å². The van der Waals surface area contributed by atoms with E-state index in [1.54, 1.807) is 0 Å². The first-order valence-corrected chi connectivity index (χ1v) is 12.6. The third kappa shape index (κ3) is 4.78. The molecule has 1 saturated heterocycles. The summed E-state index contributed by atoms with van der Waals surface area (Å²) in [6.07, 6.45) is 4.28. The molecular weight excluding hydrogens is 452 g/mol. The zero-order valence-electron chi connectivity index (χ0n) is 21.1. The van der Waals surface area contributed by atoms with E-state index < -0.39 is 0 Å². The number of amides is 2. The molecule has 4 aromatic rings. The second-order valence-electron chi connectivity index (χ2n) is 9.67. The average Bonchev–Trinajstić information content (AvgIpc) is 3.46. The molecule has 2 N–H and O–H groups in total. The highest BCUT2D eigenvalue weighted by Gasteiger charge is 2.29. The summed E-state index contributed by atoms with van der Waals surface area (Å²) >= 11 is 0. The molecule has 1 aromatic carbocycles. The molecule has 1 aliphatic rings. The second-order valence-corrected chi connectivity index (χ2v) is 9.67. The van der Waals surface area contributed by atoms with Gasteiger partial charge in [-0.25, -0.2) is 0 Å². The van der Waals surface area contributed by atoms with Crippen LogP contribution >= 0.6 is 0 Å². The number of carbonyl (C=O) groups is 2. The van der Waals surface area contributed by atoms with Crippen molar-refractivity contribution in [3.8, 4) is 0 Å². The van der Waals surface area contributed by atoms with Gasteiger partial charge in [0.05, 0.1) is 11.3 Å². The Morgan fingerprint density at radius 2 is 1.89 bits per heavy atom. The van der Waals surface area contributed by atoms with E-state index in [-0.39, 0.29) is 17.7 Å². The van der Waals surface area contributed by atoms with Crippen molar-refractivity contribution in [2.24, 2.45) is 0 Å². The van der Waals surface area contributed by atoms with Crippen LogP contribution < -0.4 is 5.32 Å². The predicted molar refractivity (Wildman–Crippen MR) is 139 cm³/mol. The van der Waals surface area contributed by atoms with Crippen molar-refractivity contribution < 1.29 is 14.0 Å². The summed E-state index contributed by atoms with van der Waals surface area (Å²) in [5.41, 5.74) is 5.62. The number of para-hydroxylation sites is 1. The van der Waals surface area contributed by atoms with Crippen LogP contribution in [-0.2, 0) is 6.42 Å². The van der Waals surface area contributed by atoms with Gasteiger partial charge in [-0.05, 0) is 75.4 Å². The Morgan fingerprint density at radius 1 is 1.11 bits per heavy atom. The van der Waals surface area contributed by atoms with Gasteiger partial charge in [-0.1, -0.05) is 18.2 Å². The van der Waals surface area contributed by atoms with Crippen LogP contribution in [0.1, 0.15) is 67.9 Å². The minimum Gasteiger partial charge on any atom is -0.456 e. The molecule has 186 valence electrons. The normalized spacial score (nSPS) is 14.4. The SMILES string of the molecule is Cc1ccc(C(=O)NCCc2c[nH]c3ccccc23)c(C2CCN(C(=O)c3cc(C)c(C)o3)CC2)n1. The summed E-state index contributed by atoms with van der Waals surface area (Å²) in [7, 11) is 0. The van der Waals surface area contributed by atoms with Gasteiger partial charge in [-0.3, -0.25) is 14.6 Å². The lowest BCUT2D eigenvalue weighted by atomic mass is 9.89. The molecule has 0 atom stereocenters. The van der Waals surface area contributed by atoms with E-state index in [2.05, 4.69) is 22.4 Å². The van der Waals surface area contributed by atoms with E-state index in [1.165, 1.54) is 10.9 Å². The highest BCUT2D eigenvalue weighted by atomic mass is 16.4. The van der Waals surface area contributed by atoms with Crippen LogP contribution in [-0.4, -0.2) is 46.3 Å². The van der Waals surface area contributed by atoms with E-state index >= 15 is 0 Å². The number of hydrogen-bond acceptors (Lipinski definition) is 4. The lowest BCUT2D eigenvalue weighted by Crippen LogP contribution is -2.38. The van der Waals surface area contributed by atoms with Crippen LogP contribution in [0.4, 0.5) is 0 Å². The molecule has 7 heteroatoms. The largest absolute Gasteiger partial charge is 0.456 e. The first kappa shape index (κ1) is 23.9. The number of aromatic amines is 1. The fourth-order valence-corrected chi connectivity index (χ4v) is 5.01. The number of carbonyl (C=O) groups excluding carboxylic acids is 2. The monoisotopic (exact) mass is 484 g/mol. The van der Waals surface area contributed by atoms with Crippen molar-refractivity contribution >= 4 is 22.7 Å². The first-order chi connectivity index (χ1) is 17.4. The number of aromatic nitrogens is 2. The molecule has 1 fully saturated rings. The smallest absolute Gasteiger partial charge is 0.289 e. The third-order valence-corrected chi connectivity index (χ3v) is 7.21. The maximum absolute atomic E-state index is 13.2. The molecule has 0 unspecified atom stereocenters. The Balaban J connectivity index is 1.23. The number of rotatable bonds is 6. The number of furan rings is 1. The van der Waals surface area contributed by atoms with Gasteiger partial charge in [0.1, 0.15) is 5.76 Å². The van der Waals surface area contributed by atoms with Gasteiger partial charge in [0, 0.05) is 48.3 Å². The number of nitrogens with one attached hydrogen (secondary N) is 2. The van der Waals surface area contributed by atoms with Crippen molar-refractivity contribution in [1.82, 2.24) is 20.2 Å². The Labute approximate surface area is 210 Å². The van der Waals surface area contributed by atoms with E-state index in [1.807, 2.05) is 62.2 Å². The van der Waals surface area contributed by atoms with Gasteiger partial charge in [-0.15, -0.1) is 0 Å². The summed E-state index contributed by atoms with van der Waals surface area (Å²) in [5.74, 6) is 1.13. The van der Waals surface area contributed by atoms with Crippen LogP contribution in [0.2, 0.25) is 0 Å². The van der Waals surface area contributed by atoms with Crippen molar-refractivity contribution in [2.45, 2.75) is 46.0 Å². The molecule has 0 bridgehead atoms. The number of H-pyrrole nitrogens is 1. The Bertz CT molecular complexity index is 1390. The van der Waals surface area contributed by atoms with Crippen LogP contribution in [0, 0.1) is 20.8 Å². The molecule has 0 saturated carbocycles. The molecule has 2 amide bonds. The van der Waals surface area contributed by atoms with Crippen molar-refractivity contribution in [3.63, 3.8) is 0 Å². The lowest BCUT2D eigenvalue weighted by Gasteiger charge is -2.32. The van der Waals surface area contributed by atoms with Crippen LogP contribution in [0.3, 0.4) is 0 Å². The van der Waals surface area contributed by atoms with Crippen LogP contribution in [0.25, 0.3) is 10.9 Å². The van der Waals surface area contributed by atoms with E-state index in [9.17, 15) is 9.59 Å². The minimum absolute atomic E-state index is 0.0721. The summed E-state index contributed by atoms with van der Waals surface area (Å²) < 4.78 is 5.64. The maximum atomic E-state index is 13.2. The van der Waals surface area contributed by atoms with E-state index in [0.29, 0.717) is 31.0 Å². The fraction of sp³-hybridized carbons (Fsp3) is 0.345. The molecule has 3 aromatic heterocycles. The third-order valence-electron chi connectivity index (χ3n) is 7.21. The highest BCUT2D eigenvalue weighted by Crippen LogP contribution is 2.30. The van der Waals surface area contributed by atoms with E-state index in [4.69, 9.17) is 9.40 Å². The molecule has 1 aliphatic heterocycles. The van der Waals surface area contributed by atoms with Crippen LogP contribution in [0.15, 0.2) is 53.1 Å². The molecule has 0 spiro atoms. The van der Waals surface area contributed by atoms with Crippen molar-refractivity contribution in [2.75, 3.05) is 19.6 Å². The minimum atomic E-state index is -0.0996. The highest BCUT2D eigenvalue weighted by molar-refractivity contribution is 5.95. The number of pyridine rings is 1. The van der Waals surface area contributed by atoms with Gasteiger partial charge in [0.15, 0.2) is 5.76 Å². The van der Waals surface area contributed by atoms with Crippen molar-refractivity contribution in [1.29, 1.82) is 0 Å². The number of benzene rings is 1. The van der Waals surface area contributed by atoms with Crippen molar-refractivity contribution in [3.05, 3.63) is 88.3 Å². The summed E-state index contributed by atoms with van der Waals surface area (Å²) in [6.45, 7) is 7.53. The topological polar surface area (TPSA) is 91.2 Å². The molecule has 0 aliphatic carbocycles. The summed E-state index contributed by atoms with van der Waals surface area (Å²) in [6, 6.07) is 13.8. The molecule has 36 heavy (non-hydrogen) atoms. The Hall–Kier alpha value is -3.87. The zero-order valence-corrected chi connectivity index (χ0v) is 21.1. The molecular formula is C29H32N4O3. The van der Waals surface area contributed by atoms with Crippen LogP contribution in [0.5, 0.6) is 0 Å². The number of piperidine rings is 1. The average molecular weight is 485 g/mol. The number of hydrogen-bond donors (Lipinski definition) is 2. The predicted octanol–water partition coefficient (Wildman–Crippen LogP) is 5.07. The van der Waals surface area contributed by atoms with Gasteiger partial charge in [0.25, 0.3) is 11.8 Å². The first-order valence-electron chi connectivity index (χ1n) is 12.6. The van der Waals surface area contributed by atoms with Gasteiger partial charge >= 0.3 is 0 Å². The Kier molecular flexibility index (Phi) is 6.63.